The van der Waals surface area contributed by atoms with Gasteiger partial charge in [-0.25, -0.2) is 4.68 Å². The first kappa shape index (κ1) is 15.6. The maximum absolute atomic E-state index is 12.7. The van der Waals surface area contributed by atoms with Gasteiger partial charge in [-0.15, -0.1) is 5.10 Å². The standard InChI is InChI=1S/C13H14ClF3N4/c1-12(2,3)10-11(18)19-20-21(10)9-5-4-7(6-8(9)14)13(15,16)17/h4-6H,18H2,1-3H3. The Morgan fingerprint density at radius 3 is 2.29 bits per heavy atom. The van der Waals surface area contributed by atoms with Crippen molar-refractivity contribution in [2.75, 3.05) is 5.73 Å². The van der Waals surface area contributed by atoms with Gasteiger partial charge in [0.25, 0.3) is 0 Å². The van der Waals surface area contributed by atoms with Crippen molar-refractivity contribution in [2.45, 2.75) is 32.4 Å². The molecule has 0 spiro atoms. The molecule has 8 heteroatoms. The minimum atomic E-state index is -4.45. The van der Waals surface area contributed by atoms with Gasteiger partial charge in [0.1, 0.15) is 0 Å². The number of benzene rings is 1. The van der Waals surface area contributed by atoms with Gasteiger partial charge in [0.05, 0.1) is 22.0 Å². The molecule has 0 amide bonds. The van der Waals surface area contributed by atoms with Gasteiger partial charge in [-0.1, -0.05) is 37.6 Å². The number of anilines is 1. The Hall–Kier alpha value is -1.76. The first-order valence-electron chi connectivity index (χ1n) is 6.10. The Morgan fingerprint density at radius 2 is 1.81 bits per heavy atom. The summed E-state index contributed by atoms with van der Waals surface area (Å²) in [6.45, 7) is 5.70. The molecule has 0 aliphatic rings. The van der Waals surface area contributed by atoms with Crippen molar-refractivity contribution in [2.24, 2.45) is 0 Å². The molecule has 0 aliphatic heterocycles. The lowest BCUT2D eigenvalue weighted by molar-refractivity contribution is -0.137. The number of nitrogens with zero attached hydrogens (tertiary/aromatic N) is 3. The van der Waals surface area contributed by atoms with Crippen LogP contribution in [-0.4, -0.2) is 15.0 Å². The van der Waals surface area contributed by atoms with Gasteiger partial charge in [0.2, 0.25) is 0 Å². The second-order valence-electron chi connectivity index (χ2n) is 5.65. The van der Waals surface area contributed by atoms with E-state index in [1.807, 2.05) is 20.8 Å². The monoisotopic (exact) mass is 318 g/mol. The Labute approximate surface area is 124 Å². The molecule has 0 saturated heterocycles. The molecule has 2 aromatic rings. The van der Waals surface area contributed by atoms with Crippen molar-refractivity contribution >= 4 is 17.4 Å². The Balaban J connectivity index is 2.60. The van der Waals surface area contributed by atoms with Crippen molar-refractivity contribution in [1.29, 1.82) is 0 Å². The molecule has 114 valence electrons. The van der Waals surface area contributed by atoms with Crippen LogP contribution in [0.4, 0.5) is 19.0 Å². The summed E-state index contributed by atoms with van der Waals surface area (Å²) in [5.74, 6) is 0.221. The summed E-state index contributed by atoms with van der Waals surface area (Å²) >= 11 is 5.97. The van der Waals surface area contributed by atoms with Crippen LogP contribution < -0.4 is 5.73 Å². The average Bonchev–Trinajstić information content (AvgIpc) is 2.69. The molecule has 0 saturated carbocycles. The molecule has 21 heavy (non-hydrogen) atoms. The van der Waals surface area contributed by atoms with Crippen LogP contribution in [0.5, 0.6) is 0 Å². The molecule has 0 fully saturated rings. The Morgan fingerprint density at radius 1 is 1.19 bits per heavy atom. The number of rotatable bonds is 1. The topological polar surface area (TPSA) is 56.7 Å². The number of aromatic nitrogens is 3. The normalized spacial score (nSPS) is 12.7. The van der Waals surface area contributed by atoms with Crippen molar-refractivity contribution in [1.82, 2.24) is 15.0 Å². The molecule has 1 aromatic carbocycles. The van der Waals surface area contributed by atoms with Crippen molar-refractivity contribution in [3.05, 3.63) is 34.5 Å². The molecule has 1 aromatic heterocycles. The van der Waals surface area contributed by atoms with E-state index in [1.165, 1.54) is 10.7 Å². The number of hydrogen-bond donors (Lipinski definition) is 1. The van der Waals surface area contributed by atoms with Crippen LogP contribution in [0.25, 0.3) is 5.69 Å². The molecule has 0 atom stereocenters. The number of alkyl halides is 3. The minimum Gasteiger partial charge on any atom is -0.381 e. The van der Waals surface area contributed by atoms with E-state index in [2.05, 4.69) is 10.3 Å². The second kappa shape index (κ2) is 4.91. The van der Waals surface area contributed by atoms with Crippen LogP contribution in [0.1, 0.15) is 32.0 Å². The van der Waals surface area contributed by atoms with E-state index in [-0.39, 0.29) is 16.3 Å². The molecular formula is C13H14ClF3N4. The highest BCUT2D eigenvalue weighted by Gasteiger charge is 2.32. The molecule has 0 bridgehead atoms. The minimum absolute atomic E-state index is 0.0692. The van der Waals surface area contributed by atoms with Gasteiger partial charge in [-0.3, -0.25) is 0 Å². The molecule has 1 heterocycles. The summed E-state index contributed by atoms with van der Waals surface area (Å²) < 4.78 is 39.4. The molecule has 4 nitrogen and oxygen atoms in total. The smallest absolute Gasteiger partial charge is 0.381 e. The maximum atomic E-state index is 12.7. The van der Waals surface area contributed by atoms with Crippen LogP contribution >= 0.6 is 11.6 Å². The molecule has 0 radical (unpaired) electrons. The highest BCUT2D eigenvalue weighted by Crippen LogP contribution is 2.35. The summed E-state index contributed by atoms with van der Waals surface area (Å²) in [5.41, 5.74) is 5.48. The van der Waals surface area contributed by atoms with Gasteiger partial charge in [0.15, 0.2) is 5.82 Å². The zero-order chi connectivity index (χ0) is 16.0. The van der Waals surface area contributed by atoms with E-state index in [0.29, 0.717) is 11.4 Å². The van der Waals surface area contributed by atoms with Crippen LogP contribution in [0, 0.1) is 0 Å². The van der Waals surface area contributed by atoms with E-state index in [9.17, 15) is 13.2 Å². The van der Waals surface area contributed by atoms with E-state index in [1.54, 1.807) is 0 Å². The fourth-order valence-corrected chi connectivity index (χ4v) is 2.28. The predicted molar refractivity (Wildman–Crippen MR) is 74.5 cm³/mol. The maximum Gasteiger partial charge on any atom is 0.416 e. The fourth-order valence-electron chi connectivity index (χ4n) is 2.02. The van der Waals surface area contributed by atoms with Crippen LogP contribution in [0.15, 0.2) is 18.2 Å². The summed E-state index contributed by atoms with van der Waals surface area (Å²) in [6, 6.07) is 3.07. The number of halogens is 4. The van der Waals surface area contributed by atoms with E-state index < -0.39 is 11.7 Å². The number of nitrogen functional groups attached to an aromatic ring is 1. The predicted octanol–water partition coefficient (Wildman–Crippen LogP) is 3.82. The third-order valence-corrected chi connectivity index (χ3v) is 3.21. The summed E-state index contributed by atoms with van der Waals surface area (Å²) in [4.78, 5) is 0. The lowest BCUT2D eigenvalue weighted by Gasteiger charge is -2.20. The van der Waals surface area contributed by atoms with E-state index in [4.69, 9.17) is 17.3 Å². The zero-order valence-electron chi connectivity index (χ0n) is 11.7. The Kier molecular flexibility index (Phi) is 3.65. The van der Waals surface area contributed by atoms with Gasteiger partial charge in [-0.05, 0) is 18.2 Å². The molecule has 0 unspecified atom stereocenters. The van der Waals surface area contributed by atoms with Gasteiger partial charge >= 0.3 is 6.18 Å². The fraction of sp³-hybridized carbons (Fsp3) is 0.385. The van der Waals surface area contributed by atoms with Crippen LogP contribution in [0.3, 0.4) is 0 Å². The van der Waals surface area contributed by atoms with E-state index >= 15 is 0 Å². The van der Waals surface area contributed by atoms with Gasteiger partial charge < -0.3 is 5.73 Å². The molecular weight excluding hydrogens is 305 g/mol. The lowest BCUT2D eigenvalue weighted by Crippen LogP contribution is -2.19. The second-order valence-corrected chi connectivity index (χ2v) is 6.06. The number of hydrogen-bond acceptors (Lipinski definition) is 3. The van der Waals surface area contributed by atoms with Crippen molar-refractivity contribution < 1.29 is 13.2 Å². The first-order chi connectivity index (χ1) is 9.51. The molecule has 2 N–H and O–H groups in total. The summed E-state index contributed by atoms with van der Waals surface area (Å²) in [6.07, 6.45) is -4.45. The first-order valence-corrected chi connectivity index (χ1v) is 6.48. The third-order valence-electron chi connectivity index (χ3n) is 2.91. The van der Waals surface area contributed by atoms with Crippen molar-refractivity contribution in [3.63, 3.8) is 0 Å². The zero-order valence-corrected chi connectivity index (χ0v) is 12.4. The van der Waals surface area contributed by atoms with E-state index in [0.717, 1.165) is 12.1 Å². The third kappa shape index (κ3) is 2.97. The highest BCUT2D eigenvalue weighted by molar-refractivity contribution is 6.32. The molecule has 0 aliphatic carbocycles. The summed E-state index contributed by atoms with van der Waals surface area (Å²) in [5, 5.41) is 7.59. The lowest BCUT2D eigenvalue weighted by atomic mass is 9.91. The highest BCUT2D eigenvalue weighted by atomic mass is 35.5. The largest absolute Gasteiger partial charge is 0.416 e. The molecule has 2 rings (SSSR count). The van der Waals surface area contributed by atoms with Gasteiger partial charge in [0, 0.05) is 5.41 Å². The quantitative estimate of drug-likeness (QED) is 0.869. The van der Waals surface area contributed by atoms with Crippen molar-refractivity contribution in [3.8, 4) is 5.69 Å². The Bertz CT molecular complexity index is 671. The van der Waals surface area contributed by atoms with Crippen LogP contribution in [-0.2, 0) is 11.6 Å². The SMILES string of the molecule is CC(C)(C)c1c(N)nnn1-c1ccc(C(F)(F)F)cc1Cl. The average molecular weight is 319 g/mol. The summed E-state index contributed by atoms with van der Waals surface area (Å²) in [7, 11) is 0. The number of nitrogens with two attached hydrogens (primary N) is 1. The van der Waals surface area contributed by atoms with Gasteiger partial charge in [-0.2, -0.15) is 13.2 Å². The van der Waals surface area contributed by atoms with Crippen LogP contribution in [0.2, 0.25) is 5.02 Å².